The van der Waals surface area contributed by atoms with Gasteiger partial charge in [0.25, 0.3) is 0 Å². The molecule has 24 heavy (non-hydrogen) atoms. The summed E-state index contributed by atoms with van der Waals surface area (Å²) in [5.74, 6) is 0.435. The van der Waals surface area contributed by atoms with E-state index in [2.05, 4.69) is 0 Å². The van der Waals surface area contributed by atoms with E-state index >= 15 is 0 Å². The van der Waals surface area contributed by atoms with E-state index < -0.39 is 20.0 Å². The van der Waals surface area contributed by atoms with Gasteiger partial charge in [0.1, 0.15) is 9.79 Å². The fraction of sp³-hybridized carbons (Fsp3) is 0.600. The summed E-state index contributed by atoms with van der Waals surface area (Å²) in [6.45, 7) is 0.779. The first-order chi connectivity index (χ1) is 11.2. The first-order valence-corrected chi connectivity index (χ1v) is 10.8. The van der Waals surface area contributed by atoms with Crippen molar-refractivity contribution >= 4 is 20.0 Å². The van der Waals surface area contributed by atoms with Gasteiger partial charge in [0, 0.05) is 33.2 Å². The molecule has 0 radical (unpaired) electrons. The molecule has 0 aromatic heterocycles. The summed E-state index contributed by atoms with van der Waals surface area (Å²) in [5.41, 5.74) is 6.08. The second kappa shape index (κ2) is 6.06. The third kappa shape index (κ3) is 2.78. The SMILES string of the molecule is CN(C)S(=O)(=O)c1ccccc1S(=O)(=O)N1CC2CCC(N)C2C1. The molecule has 1 saturated heterocycles. The highest BCUT2D eigenvalue weighted by molar-refractivity contribution is 7.92. The van der Waals surface area contributed by atoms with Gasteiger partial charge < -0.3 is 5.73 Å². The summed E-state index contributed by atoms with van der Waals surface area (Å²) in [6.07, 6.45) is 1.85. The molecule has 1 heterocycles. The van der Waals surface area contributed by atoms with E-state index in [9.17, 15) is 16.8 Å². The highest BCUT2D eigenvalue weighted by atomic mass is 32.2. The normalized spacial score (nSPS) is 28.4. The predicted molar refractivity (Wildman–Crippen MR) is 90.3 cm³/mol. The van der Waals surface area contributed by atoms with Crippen molar-refractivity contribution in [2.45, 2.75) is 28.7 Å². The molecule has 1 aliphatic carbocycles. The Morgan fingerprint density at radius 2 is 1.67 bits per heavy atom. The lowest BCUT2D eigenvalue weighted by Gasteiger charge is -2.21. The zero-order valence-electron chi connectivity index (χ0n) is 13.8. The fourth-order valence-electron chi connectivity index (χ4n) is 3.68. The molecule has 0 amide bonds. The van der Waals surface area contributed by atoms with Gasteiger partial charge in [-0.3, -0.25) is 0 Å². The predicted octanol–water partition coefficient (Wildman–Crippen LogP) is 0.295. The Morgan fingerprint density at radius 1 is 1.04 bits per heavy atom. The third-order valence-corrected chi connectivity index (χ3v) is 9.00. The van der Waals surface area contributed by atoms with Crippen molar-refractivity contribution < 1.29 is 16.8 Å². The van der Waals surface area contributed by atoms with Crippen LogP contribution in [-0.4, -0.2) is 58.7 Å². The van der Waals surface area contributed by atoms with E-state index in [4.69, 9.17) is 5.73 Å². The smallest absolute Gasteiger partial charge is 0.244 e. The molecule has 2 N–H and O–H groups in total. The first kappa shape index (κ1) is 17.8. The number of benzene rings is 1. The fourth-order valence-corrected chi connectivity index (χ4v) is 6.88. The van der Waals surface area contributed by atoms with E-state index in [1.807, 2.05) is 0 Å². The molecule has 134 valence electrons. The monoisotopic (exact) mass is 373 g/mol. The van der Waals surface area contributed by atoms with Gasteiger partial charge in [0.15, 0.2) is 0 Å². The van der Waals surface area contributed by atoms with Crippen LogP contribution < -0.4 is 5.73 Å². The Morgan fingerprint density at radius 3 is 2.25 bits per heavy atom. The van der Waals surface area contributed by atoms with Crippen LogP contribution in [0.25, 0.3) is 0 Å². The van der Waals surface area contributed by atoms with Crippen LogP contribution in [-0.2, 0) is 20.0 Å². The maximum Gasteiger partial charge on any atom is 0.244 e. The van der Waals surface area contributed by atoms with Crippen LogP contribution >= 0.6 is 0 Å². The Bertz CT molecular complexity index is 836. The molecule has 1 aromatic carbocycles. The van der Waals surface area contributed by atoms with E-state index in [1.165, 1.54) is 36.6 Å². The van der Waals surface area contributed by atoms with Crippen molar-refractivity contribution in [3.63, 3.8) is 0 Å². The Labute approximate surface area is 143 Å². The Balaban J connectivity index is 2.01. The molecule has 7 nitrogen and oxygen atoms in total. The van der Waals surface area contributed by atoms with Gasteiger partial charge in [-0.15, -0.1) is 0 Å². The van der Waals surface area contributed by atoms with Crippen LogP contribution in [0.1, 0.15) is 12.8 Å². The zero-order valence-corrected chi connectivity index (χ0v) is 15.4. The minimum absolute atomic E-state index is 0.0240. The Hall–Kier alpha value is -1.00. The van der Waals surface area contributed by atoms with E-state index in [0.29, 0.717) is 13.1 Å². The van der Waals surface area contributed by atoms with Crippen LogP contribution in [0.4, 0.5) is 0 Å². The maximum absolute atomic E-state index is 13.1. The summed E-state index contributed by atoms with van der Waals surface area (Å²) < 4.78 is 53.5. The molecule has 3 unspecified atom stereocenters. The molecular weight excluding hydrogens is 350 g/mol. The zero-order chi connectivity index (χ0) is 17.7. The average molecular weight is 374 g/mol. The number of hydrogen-bond acceptors (Lipinski definition) is 5. The van der Waals surface area contributed by atoms with Crippen molar-refractivity contribution in [2.24, 2.45) is 17.6 Å². The van der Waals surface area contributed by atoms with Crippen LogP contribution in [0.15, 0.2) is 34.1 Å². The summed E-state index contributed by atoms with van der Waals surface area (Å²) in [4.78, 5) is -0.344. The molecule has 1 saturated carbocycles. The topological polar surface area (TPSA) is 101 Å². The molecule has 0 spiro atoms. The lowest BCUT2D eigenvalue weighted by Crippen LogP contribution is -2.34. The van der Waals surface area contributed by atoms with Gasteiger partial charge in [-0.25, -0.2) is 21.1 Å². The highest BCUT2D eigenvalue weighted by Crippen LogP contribution is 2.40. The number of sulfonamides is 2. The molecule has 1 aliphatic heterocycles. The van der Waals surface area contributed by atoms with Gasteiger partial charge in [-0.2, -0.15) is 4.31 Å². The van der Waals surface area contributed by atoms with Gasteiger partial charge in [0.2, 0.25) is 20.0 Å². The summed E-state index contributed by atoms with van der Waals surface area (Å²) >= 11 is 0. The highest BCUT2D eigenvalue weighted by Gasteiger charge is 2.46. The number of fused-ring (bicyclic) bond motifs is 1. The summed E-state index contributed by atoms with van der Waals surface area (Å²) in [7, 11) is -4.95. The third-order valence-electron chi connectivity index (χ3n) is 5.10. The molecule has 0 bridgehead atoms. The number of rotatable bonds is 4. The molecule has 1 aromatic rings. The quantitative estimate of drug-likeness (QED) is 0.818. The van der Waals surface area contributed by atoms with E-state index in [-0.39, 0.29) is 27.7 Å². The van der Waals surface area contributed by atoms with Gasteiger partial charge in [0.05, 0.1) is 0 Å². The standard InChI is InChI=1S/C15H23N3O4S2/c1-17(2)23(19,20)14-5-3-4-6-15(14)24(21,22)18-9-11-7-8-13(16)12(11)10-18/h3-6,11-13H,7-10,16H2,1-2H3. The molecule has 2 fully saturated rings. The van der Waals surface area contributed by atoms with Gasteiger partial charge in [-0.1, -0.05) is 12.1 Å². The van der Waals surface area contributed by atoms with Crippen LogP contribution in [0.5, 0.6) is 0 Å². The second-order valence-corrected chi connectivity index (χ2v) is 10.7. The summed E-state index contributed by atoms with van der Waals surface area (Å²) in [6, 6.07) is 5.80. The molecule has 3 atom stereocenters. The molecule has 9 heteroatoms. The minimum Gasteiger partial charge on any atom is -0.327 e. The number of nitrogens with two attached hydrogens (primary N) is 1. The van der Waals surface area contributed by atoms with Crippen molar-refractivity contribution in [1.29, 1.82) is 0 Å². The van der Waals surface area contributed by atoms with Gasteiger partial charge >= 0.3 is 0 Å². The maximum atomic E-state index is 13.1. The first-order valence-electron chi connectivity index (χ1n) is 7.93. The molecule has 2 aliphatic rings. The number of nitrogens with zero attached hydrogens (tertiary/aromatic N) is 2. The second-order valence-electron chi connectivity index (χ2n) is 6.72. The summed E-state index contributed by atoms with van der Waals surface area (Å²) in [5, 5.41) is 0. The van der Waals surface area contributed by atoms with E-state index in [0.717, 1.165) is 17.1 Å². The van der Waals surface area contributed by atoms with Crippen molar-refractivity contribution in [3.05, 3.63) is 24.3 Å². The number of hydrogen-bond donors (Lipinski definition) is 1. The van der Waals surface area contributed by atoms with Crippen molar-refractivity contribution in [1.82, 2.24) is 8.61 Å². The van der Waals surface area contributed by atoms with Crippen molar-refractivity contribution in [2.75, 3.05) is 27.2 Å². The van der Waals surface area contributed by atoms with Crippen LogP contribution in [0, 0.1) is 11.8 Å². The Kier molecular flexibility index (Phi) is 4.50. The lowest BCUT2D eigenvalue weighted by molar-refractivity contribution is 0.425. The van der Waals surface area contributed by atoms with Gasteiger partial charge in [-0.05, 0) is 36.8 Å². The average Bonchev–Trinajstić information content (AvgIpc) is 3.10. The lowest BCUT2D eigenvalue weighted by atomic mass is 9.98. The van der Waals surface area contributed by atoms with Crippen LogP contribution in [0.3, 0.4) is 0 Å². The molecule has 3 rings (SSSR count). The minimum atomic E-state index is -3.88. The molecular formula is C15H23N3O4S2. The van der Waals surface area contributed by atoms with E-state index in [1.54, 1.807) is 6.07 Å². The largest absolute Gasteiger partial charge is 0.327 e. The van der Waals surface area contributed by atoms with Crippen molar-refractivity contribution in [3.8, 4) is 0 Å². The van der Waals surface area contributed by atoms with Crippen LogP contribution in [0.2, 0.25) is 0 Å².